The van der Waals surface area contributed by atoms with E-state index in [2.05, 4.69) is 25.8 Å². The Morgan fingerprint density at radius 1 is 1.06 bits per heavy atom. The van der Waals surface area contributed by atoms with Gasteiger partial charge >= 0.3 is 0 Å². The second-order valence-corrected chi connectivity index (χ2v) is 8.44. The Labute approximate surface area is 200 Å². The molecule has 0 aliphatic heterocycles. The van der Waals surface area contributed by atoms with Crippen molar-refractivity contribution >= 4 is 35.0 Å². The van der Waals surface area contributed by atoms with Gasteiger partial charge in [-0.2, -0.15) is 0 Å². The number of rotatable bonds is 9. The Balaban J connectivity index is 1.74. The lowest BCUT2D eigenvalue weighted by Gasteiger charge is -2.13. The smallest absolute Gasteiger partial charge is 0.278 e. The first kappa shape index (κ1) is 24.8. The van der Waals surface area contributed by atoms with Crippen molar-refractivity contribution in [2.24, 2.45) is 0 Å². The van der Waals surface area contributed by atoms with E-state index in [1.54, 1.807) is 56.3 Å². The van der Waals surface area contributed by atoms with Gasteiger partial charge in [-0.1, -0.05) is 36.9 Å². The molecule has 0 aliphatic rings. The van der Waals surface area contributed by atoms with Crippen LogP contribution in [0.25, 0.3) is 11.3 Å². The second-order valence-electron chi connectivity index (χ2n) is 7.11. The van der Waals surface area contributed by atoms with Crippen molar-refractivity contribution in [1.29, 1.82) is 0 Å². The summed E-state index contributed by atoms with van der Waals surface area (Å²) in [5, 5.41) is 13.3. The van der Waals surface area contributed by atoms with Crippen LogP contribution in [0.15, 0.2) is 52.4 Å². The Hall–Kier alpha value is -3.86. The highest BCUT2D eigenvalue weighted by Crippen LogP contribution is 2.28. The van der Waals surface area contributed by atoms with Gasteiger partial charge in [-0.25, -0.2) is 0 Å². The number of hydrogen-bond acceptors (Lipinski definition) is 8. The number of carbonyl (C=O) groups excluding carboxylic acids is 2. The zero-order valence-electron chi connectivity index (χ0n) is 19.2. The molecule has 3 rings (SSSR count). The van der Waals surface area contributed by atoms with Gasteiger partial charge in [-0.05, 0) is 13.0 Å². The minimum atomic E-state index is -0.593. The molecule has 10 nitrogen and oxygen atoms in total. The van der Waals surface area contributed by atoms with Gasteiger partial charge in [-0.15, -0.1) is 10.2 Å². The van der Waals surface area contributed by atoms with Crippen molar-refractivity contribution in [2.75, 3.05) is 24.9 Å². The number of nitrogens with one attached hydrogen (secondary N) is 3. The van der Waals surface area contributed by atoms with Gasteiger partial charge in [0.15, 0.2) is 10.9 Å². The average Bonchev–Trinajstić information content (AvgIpc) is 2.84. The lowest BCUT2D eigenvalue weighted by molar-refractivity contribution is -0.116. The van der Waals surface area contributed by atoms with Gasteiger partial charge in [0.1, 0.15) is 11.5 Å². The fourth-order valence-electron chi connectivity index (χ4n) is 2.93. The van der Waals surface area contributed by atoms with Crippen LogP contribution in [0, 0.1) is 0 Å². The standard InChI is InChI=1S/C23H25N5O5S/c1-5-19(29)25-18-9-7-6-8-17(18)20-22(31)26-23(28-27-20)34-13(2)21(30)24-14-10-15(32-3)12-16(11-14)33-4/h6-13H,5H2,1-4H3,(H,24,30)(H,25,29)(H,26,28,31)/t13-/m1/s1. The summed E-state index contributed by atoms with van der Waals surface area (Å²) < 4.78 is 10.4. The first-order valence-corrected chi connectivity index (χ1v) is 11.3. The van der Waals surface area contributed by atoms with Crippen molar-refractivity contribution in [3.05, 3.63) is 52.8 Å². The minimum absolute atomic E-state index is 0.0666. The Morgan fingerprint density at radius 3 is 2.35 bits per heavy atom. The highest BCUT2D eigenvalue weighted by atomic mass is 32.2. The lowest BCUT2D eigenvalue weighted by Crippen LogP contribution is -2.24. The van der Waals surface area contributed by atoms with Crippen LogP contribution in [0.4, 0.5) is 11.4 Å². The Kier molecular flexibility index (Phi) is 8.25. The molecule has 0 aliphatic carbocycles. The Morgan fingerprint density at radius 2 is 1.74 bits per heavy atom. The molecule has 0 radical (unpaired) electrons. The van der Waals surface area contributed by atoms with Gasteiger partial charge in [0.25, 0.3) is 5.56 Å². The third-order valence-corrected chi connectivity index (χ3v) is 5.70. The fourth-order valence-corrected chi connectivity index (χ4v) is 3.67. The van der Waals surface area contributed by atoms with E-state index in [4.69, 9.17) is 9.47 Å². The lowest BCUT2D eigenvalue weighted by atomic mass is 10.1. The van der Waals surface area contributed by atoms with Crippen molar-refractivity contribution in [2.45, 2.75) is 30.7 Å². The molecule has 0 unspecified atom stereocenters. The van der Waals surface area contributed by atoms with Crippen LogP contribution in [0.2, 0.25) is 0 Å². The van der Waals surface area contributed by atoms with E-state index in [1.807, 2.05) is 0 Å². The SMILES string of the molecule is CCC(=O)Nc1ccccc1-c1nnc(S[C@H](C)C(=O)Nc2cc(OC)cc(OC)c2)[nH]c1=O. The minimum Gasteiger partial charge on any atom is -0.497 e. The molecule has 2 amide bonds. The number of para-hydroxylation sites is 1. The van der Waals surface area contributed by atoms with Crippen molar-refractivity contribution in [3.63, 3.8) is 0 Å². The van der Waals surface area contributed by atoms with E-state index in [0.29, 0.717) is 34.9 Å². The van der Waals surface area contributed by atoms with E-state index in [0.717, 1.165) is 11.8 Å². The molecule has 11 heteroatoms. The van der Waals surface area contributed by atoms with Gasteiger partial charge in [0, 0.05) is 35.9 Å². The number of anilines is 2. The highest BCUT2D eigenvalue weighted by molar-refractivity contribution is 8.00. The molecular weight excluding hydrogens is 458 g/mol. The molecule has 0 fully saturated rings. The molecule has 1 aromatic heterocycles. The number of H-pyrrole nitrogens is 1. The summed E-state index contributed by atoms with van der Waals surface area (Å²) in [6, 6.07) is 11.9. The number of hydrogen-bond donors (Lipinski definition) is 3. The van der Waals surface area contributed by atoms with Gasteiger partial charge in [-0.3, -0.25) is 19.4 Å². The molecule has 2 aromatic carbocycles. The van der Waals surface area contributed by atoms with Crippen LogP contribution < -0.4 is 25.7 Å². The first-order chi connectivity index (χ1) is 16.3. The maximum atomic E-state index is 12.7. The summed E-state index contributed by atoms with van der Waals surface area (Å²) in [6.07, 6.45) is 0.300. The molecule has 3 N–H and O–H groups in total. The fraction of sp³-hybridized carbons (Fsp3) is 0.261. The number of aromatic amines is 1. The topological polar surface area (TPSA) is 135 Å². The van der Waals surface area contributed by atoms with Gasteiger partial charge in [0.05, 0.1) is 25.2 Å². The van der Waals surface area contributed by atoms with Gasteiger partial charge < -0.3 is 20.1 Å². The summed E-state index contributed by atoms with van der Waals surface area (Å²) in [4.78, 5) is 39.8. The summed E-state index contributed by atoms with van der Waals surface area (Å²) in [5.41, 5.74) is 1.01. The van der Waals surface area contributed by atoms with Crippen LogP contribution in [-0.2, 0) is 9.59 Å². The average molecular weight is 484 g/mol. The summed E-state index contributed by atoms with van der Waals surface area (Å²) in [5.74, 6) is 0.587. The van der Waals surface area contributed by atoms with Crippen LogP contribution in [0.5, 0.6) is 11.5 Å². The summed E-state index contributed by atoms with van der Waals surface area (Å²) in [6.45, 7) is 3.42. The molecule has 178 valence electrons. The molecular formula is C23H25N5O5S. The van der Waals surface area contributed by atoms with E-state index >= 15 is 0 Å². The monoisotopic (exact) mass is 483 g/mol. The first-order valence-electron chi connectivity index (χ1n) is 10.4. The number of thioether (sulfide) groups is 1. The number of carbonyl (C=O) groups is 2. The predicted molar refractivity (Wildman–Crippen MR) is 131 cm³/mol. The van der Waals surface area contributed by atoms with Crippen molar-refractivity contribution in [3.8, 4) is 22.8 Å². The molecule has 1 heterocycles. The van der Waals surface area contributed by atoms with Crippen LogP contribution in [0.3, 0.4) is 0 Å². The number of nitrogens with zero attached hydrogens (tertiary/aromatic N) is 2. The van der Waals surface area contributed by atoms with Crippen LogP contribution in [-0.4, -0.2) is 46.5 Å². The Bertz CT molecular complexity index is 1220. The molecule has 1 atom stereocenters. The number of benzene rings is 2. The molecule has 0 spiro atoms. The quantitative estimate of drug-likeness (QED) is 0.395. The van der Waals surface area contributed by atoms with E-state index in [9.17, 15) is 14.4 Å². The van der Waals surface area contributed by atoms with Crippen molar-refractivity contribution < 1.29 is 19.1 Å². The number of aromatic nitrogens is 3. The van der Waals surface area contributed by atoms with Crippen molar-refractivity contribution in [1.82, 2.24) is 15.2 Å². The number of ether oxygens (including phenoxy) is 2. The number of amides is 2. The molecule has 0 bridgehead atoms. The number of methoxy groups -OCH3 is 2. The van der Waals surface area contributed by atoms with Crippen LogP contribution >= 0.6 is 11.8 Å². The van der Waals surface area contributed by atoms with E-state index < -0.39 is 10.8 Å². The second kappa shape index (κ2) is 11.3. The zero-order chi connectivity index (χ0) is 24.7. The molecule has 0 saturated heterocycles. The predicted octanol–water partition coefficient (Wildman–Crippen LogP) is 3.32. The normalized spacial score (nSPS) is 11.4. The molecule has 34 heavy (non-hydrogen) atoms. The molecule has 0 saturated carbocycles. The van der Waals surface area contributed by atoms with Crippen LogP contribution in [0.1, 0.15) is 20.3 Å². The van der Waals surface area contributed by atoms with E-state index in [1.165, 1.54) is 14.2 Å². The highest BCUT2D eigenvalue weighted by Gasteiger charge is 2.19. The maximum Gasteiger partial charge on any atom is 0.278 e. The third kappa shape index (κ3) is 6.13. The molecule has 3 aromatic rings. The van der Waals surface area contributed by atoms with E-state index in [-0.39, 0.29) is 22.7 Å². The maximum absolute atomic E-state index is 12.7. The summed E-state index contributed by atoms with van der Waals surface area (Å²) in [7, 11) is 3.04. The van der Waals surface area contributed by atoms with Gasteiger partial charge in [0.2, 0.25) is 11.8 Å². The third-order valence-electron chi connectivity index (χ3n) is 4.73. The zero-order valence-corrected chi connectivity index (χ0v) is 20.0. The largest absolute Gasteiger partial charge is 0.497 e. The summed E-state index contributed by atoms with van der Waals surface area (Å²) >= 11 is 1.05.